The molecule has 0 atom stereocenters. The molecule has 37 heavy (non-hydrogen) atoms. The number of nitrogens with zero attached hydrogens (tertiary/aromatic N) is 4. The van der Waals surface area contributed by atoms with Gasteiger partial charge in [-0.15, -0.1) is 10.2 Å². The van der Waals surface area contributed by atoms with Gasteiger partial charge in [-0.25, -0.2) is 4.98 Å². The number of rotatable bonds is 8. The first-order valence-corrected chi connectivity index (χ1v) is 11.6. The maximum atomic E-state index is 12.9. The van der Waals surface area contributed by atoms with Crippen LogP contribution in [-0.2, 0) is 6.42 Å². The lowest BCUT2D eigenvalue weighted by atomic mass is 10.1. The van der Waals surface area contributed by atoms with Crippen LogP contribution in [0.15, 0.2) is 60.7 Å². The number of fused-ring (bicyclic) bond motifs is 3. The third kappa shape index (κ3) is 4.44. The van der Waals surface area contributed by atoms with Gasteiger partial charge >= 0.3 is 0 Å². The third-order valence-electron chi connectivity index (χ3n) is 5.84. The molecule has 3 aromatic carbocycles. The topological polar surface area (TPSA) is 109 Å². The van der Waals surface area contributed by atoms with E-state index in [1.165, 1.54) is 21.3 Å². The van der Waals surface area contributed by atoms with E-state index >= 15 is 0 Å². The molecule has 2 aromatic heterocycles. The number of ether oxygens (including phenoxy) is 4. The molecule has 0 unspecified atom stereocenters. The van der Waals surface area contributed by atoms with Gasteiger partial charge in [0.25, 0.3) is 11.8 Å². The van der Waals surface area contributed by atoms with Gasteiger partial charge < -0.3 is 24.3 Å². The maximum absolute atomic E-state index is 12.9. The molecule has 10 heteroatoms. The minimum Gasteiger partial charge on any atom is -0.493 e. The molecular formula is C27H25N5O5. The number of methoxy groups -OCH3 is 3. The van der Waals surface area contributed by atoms with Crippen molar-refractivity contribution >= 4 is 28.3 Å². The summed E-state index contributed by atoms with van der Waals surface area (Å²) in [5.74, 6) is 2.58. The number of anilines is 1. The lowest BCUT2D eigenvalue weighted by molar-refractivity contribution is 0.102. The summed E-state index contributed by atoms with van der Waals surface area (Å²) in [6, 6.07) is 17.9. The van der Waals surface area contributed by atoms with Gasteiger partial charge in [0.05, 0.1) is 32.4 Å². The highest BCUT2D eigenvalue weighted by atomic mass is 16.5. The van der Waals surface area contributed by atoms with Crippen molar-refractivity contribution < 1.29 is 23.7 Å². The number of nitrogens with one attached hydrogen (secondary N) is 1. The van der Waals surface area contributed by atoms with Crippen molar-refractivity contribution in [3.05, 3.63) is 72.1 Å². The molecule has 0 aliphatic carbocycles. The normalized spacial score (nSPS) is 10.9. The van der Waals surface area contributed by atoms with Crippen LogP contribution < -0.4 is 24.3 Å². The molecule has 1 amide bonds. The van der Waals surface area contributed by atoms with E-state index in [2.05, 4.69) is 20.5 Å². The first kappa shape index (κ1) is 23.9. The highest BCUT2D eigenvalue weighted by molar-refractivity contribution is 6.05. The van der Waals surface area contributed by atoms with E-state index in [4.69, 9.17) is 18.9 Å². The smallest absolute Gasteiger partial charge is 0.266 e. The molecule has 2 heterocycles. The van der Waals surface area contributed by atoms with Crippen LogP contribution in [-0.4, -0.2) is 46.8 Å². The van der Waals surface area contributed by atoms with E-state index in [9.17, 15) is 4.79 Å². The quantitative estimate of drug-likeness (QED) is 0.321. The minimum atomic E-state index is -0.332. The van der Waals surface area contributed by atoms with Crippen LogP contribution >= 0.6 is 0 Å². The van der Waals surface area contributed by atoms with Gasteiger partial charge in [-0.2, -0.15) is 0 Å². The number of benzene rings is 3. The van der Waals surface area contributed by atoms with Crippen LogP contribution in [0.5, 0.6) is 28.9 Å². The molecule has 0 saturated carbocycles. The lowest BCUT2D eigenvalue weighted by Crippen LogP contribution is -2.12. The molecule has 0 fully saturated rings. The molecule has 0 aliphatic rings. The SMILES string of the molecule is CCc1nnc2c(Oc3ccc(NC(=O)c4cc(OC)c(OC)c(OC)c4)cc3)nc3ccccc3n12. The third-order valence-corrected chi connectivity index (χ3v) is 5.84. The number of carbonyl (C=O) groups excluding carboxylic acids is 1. The number of para-hydroxylation sites is 2. The van der Waals surface area contributed by atoms with Crippen molar-refractivity contribution in [3.8, 4) is 28.9 Å². The zero-order chi connectivity index (χ0) is 25.9. The summed E-state index contributed by atoms with van der Waals surface area (Å²) in [4.78, 5) is 17.6. The van der Waals surface area contributed by atoms with Crippen LogP contribution in [0.25, 0.3) is 16.7 Å². The van der Waals surface area contributed by atoms with Crippen LogP contribution in [0.3, 0.4) is 0 Å². The fourth-order valence-electron chi connectivity index (χ4n) is 4.05. The number of hydrogen-bond donors (Lipinski definition) is 1. The van der Waals surface area contributed by atoms with Crippen molar-refractivity contribution in [3.63, 3.8) is 0 Å². The van der Waals surface area contributed by atoms with Gasteiger partial charge in [0.2, 0.25) is 11.4 Å². The molecule has 0 saturated heterocycles. The Morgan fingerprint density at radius 3 is 2.27 bits per heavy atom. The van der Waals surface area contributed by atoms with E-state index in [1.807, 2.05) is 35.6 Å². The Kier molecular flexibility index (Phi) is 6.46. The summed E-state index contributed by atoms with van der Waals surface area (Å²) in [6.45, 7) is 2.03. The first-order valence-electron chi connectivity index (χ1n) is 11.6. The maximum Gasteiger partial charge on any atom is 0.266 e. The van der Waals surface area contributed by atoms with E-state index < -0.39 is 0 Å². The van der Waals surface area contributed by atoms with Crippen molar-refractivity contribution in [1.82, 2.24) is 19.6 Å². The number of amides is 1. The van der Waals surface area contributed by atoms with Gasteiger partial charge in [0.1, 0.15) is 11.6 Å². The highest BCUT2D eigenvalue weighted by Crippen LogP contribution is 2.38. The van der Waals surface area contributed by atoms with E-state index in [0.29, 0.717) is 45.8 Å². The summed E-state index contributed by atoms with van der Waals surface area (Å²) >= 11 is 0. The Morgan fingerprint density at radius 2 is 1.62 bits per heavy atom. The summed E-state index contributed by atoms with van der Waals surface area (Å²) in [6.07, 6.45) is 0.717. The van der Waals surface area contributed by atoms with Crippen LogP contribution in [0, 0.1) is 0 Å². The van der Waals surface area contributed by atoms with Crippen molar-refractivity contribution in [1.29, 1.82) is 0 Å². The van der Waals surface area contributed by atoms with Crippen molar-refractivity contribution in [2.75, 3.05) is 26.6 Å². The zero-order valence-corrected chi connectivity index (χ0v) is 20.8. The Balaban J connectivity index is 1.39. The van der Waals surface area contributed by atoms with E-state index in [1.54, 1.807) is 36.4 Å². The van der Waals surface area contributed by atoms with Crippen LogP contribution in [0.4, 0.5) is 5.69 Å². The van der Waals surface area contributed by atoms with Gasteiger partial charge in [-0.3, -0.25) is 9.20 Å². The summed E-state index contributed by atoms with van der Waals surface area (Å²) in [5.41, 5.74) is 3.16. The second-order valence-electron chi connectivity index (χ2n) is 8.03. The summed E-state index contributed by atoms with van der Waals surface area (Å²) < 4.78 is 24.1. The van der Waals surface area contributed by atoms with Gasteiger partial charge in [0.15, 0.2) is 11.5 Å². The average Bonchev–Trinajstić information content (AvgIpc) is 3.38. The van der Waals surface area contributed by atoms with Crippen LogP contribution in [0.2, 0.25) is 0 Å². The standard InChI is InChI=1S/C27H25N5O5/c1-5-23-30-31-25-27(29-19-8-6-7-9-20(19)32(23)25)37-18-12-10-17(11-13-18)28-26(33)16-14-21(34-2)24(36-4)22(15-16)35-3/h6-15H,5H2,1-4H3,(H,28,33). The molecule has 10 nitrogen and oxygen atoms in total. The lowest BCUT2D eigenvalue weighted by Gasteiger charge is -2.14. The van der Waals surface area contributed by atoms with E-state index in [0.717, 1.165) is 23.3 Å². The number of aryl methyl sites for hydroxylation is 1. The fraction of sp³-hybridized carbons (Fsp3) is 0.185. The molecule has 0 radical (unpaired) electrons. The average molecular weight is 500 g/mol. The Labute approximate surface area is 212 Å². The van der Waals surface area contributed by atoms with Crippen molar-refractivity contribution in [2.45, 2.75) is 13.3 Å². The predicted octanol–water partition coefficient (Wildman–Crippen LogP) is 4.91. The molecule has 0 spiro atoms. The monoisotopic (exact) mass is 499 g/mol. The first-order chi connectivity index (χ1) is 18.1. The molecule has 188 valence electrons. The molecule has 5 aromatic rings. The van der Waals surface area contributed by atoms with Crippen LogP contribution in [0.1, 0.15) is 23.1 Å². The largest absolute Gasteiger partial charge is 0.493 e. The molecule has 5 rings (SSSR count). The molecule has 1 N–H and O–H groups in total. The second-order valence-corrected chi connectivity index (χ2v) is 8.03. The van der Waals surface area contributed by atoms with Crippen molar-refractivity contribution in [2.24, 2.45) is 0 Å². The summed E-state index contributed by atoms with van der Waals surface area (Å²) in [7, 11) is 4.50. The zero-order valence-electron chi connectivity index (χ0n) is 20.8. The van der Waals surface area contributed by atoms with E-state index in [-0.39, 0.29) is 5.91 Å². The van der Waals surface area contributed by atoms with Gasteiger partial charge in [-0.05, 0) is 48.5 Å². The van der Waals surface area contributed by atoms with Gasteiger partial charge in [-0.1, -0.05) is 19.1 Å². The second kappa shape index (κ2) is 10.0. The highest BCUT2D eigenvalue weighted by Gasteiger charge is 2.18. The molecule has 0 bridgehead atoms. The number of aromatic nitrogens is 4. The Hall–Kier alpha value is -4.86. The fourth-order valence-corrected chi connectivity index (χ4v) is 4.05. The summed E-state index contributed by atoms with van der Waals surface area (Å²) in [5, 5.41) is 11.5. The predicted molar refractivity (Wildman–Crippen MR) is 138 cm³/mol. The minimum absolute atomic E-state index is 0.332. The molecular weight excluding hydrogens is 474 g/mol. The molecule has 0 aliphatic heterocycles. The van der Waals surface area contributed by atoms with Gasteiger partial charge in [0, 0.05) is 17.7 Å². The number of hydrogen-bond acceptors (Lipinski definition) is 8. The Bertz CT molecular complexity index is 1570. The Morgan fingerprint density at radius 1 is 0.919 bits per heavy atom. The number of carbonyl (C=O) groups is 1.